The van der Waals surface area contributed by atoms with Crippen LogP contribution in [-0.2, 0) is 0 Å². The first kappa shape index (κ1) is 17.7. The quantitative estimate of drug-likeness (QED) is 0.775. The summed E-state index contributed by atoms with van der Waals surface area (Å²) < 4.78 is 42.0. The maximum atomic E-state index is 12.4. The maximum Gasteiger partial charge on any atom is 0.422 e. The molecule has 1 aliphatic carbocycles. The number of carbonyl (C=O) groups is 1. The van der Waals surface area contributed by atoms with Gasteiger partial charge in [0.15, 0.2) is 12.4 Å². The van der Waals surface area contributed by atoms with Crippen LogP contribution in [0.2, 0.25) is 0 Å². The van der Waals surface area contributed by atoms with E-state index in [4.69, 9.17) is 4.74 Å². The van der Waals surface area contributed by atoms with E-state index in [-0.39, 0.29) is 36.0 Å². The molecule has 0 aliphatic heterocycles. The first-order valence-corrected chi connectivity index (χ1v) is 7.50. The predicted octanol–water partition coefficient (Wildman–Crippen LogP) is 3.63. The Morgan fingerprint density at radius 1 is 1.39 bits per heavy atom. The molecule has 1 aliphatic rings. The van der Waals surface area contributed by atoms with Crippen LogP contribution in [-0.4, -0.2) is 34.3 Å². The van der Waals surface area contributed by atoms with Crippen molar-refractivity contribution in [2.75, 3.05) is 6.61 Å². The Bertz CT molecular complexity index is 575. The number of carbonyl (C=O) groups excluding carboxylic acids is 1. The van der Waals surface area contributed by atoms with E-state index in [0.717, 1.165) is 12.8 Å². The number of alkyl halides is 3. The Morgan fingerprint density at radius 2 is 2.04 bits per heavy atom. The predicted molar refractivity (Wildman–Crippen MR) is 77.6 cm³/mol. The van der Waals surface area contributed by atoms with E-state index in [2.05, 4.69) is 4.98 Å². The number of pyridine rings is 1. The summed E-state index contributed by atoms with van der Waals surface area (Å²) in [5.74, 6) is -0.0935. The van der Waals surface area contributed by atoms with Gasteiger partial charge in [-0.2, -0.15) is 13.2 Å². The summed E-state index contributed by atoms with van der Waals surface area (Å²) in [5.41, 5.74) is -0.303. The largest absolute Gasteiger partial charge is 0.484 e. The van der Waals surface area contributed by atoms with E-state index < -0.39 is 18.4 Å². The zero-order valence-electron chi connectivity index (χ0n) is 13.1. The van der Waals surface area contributed by atoms with Crippen LogP contribution in [0.5, 0.6) is 5.75 Å². The van der Waals surface area contributed by atoms with Crippen molar-refractivity contribution in [3.8, 4) is 5.75 Å². The van der Waals surface area contributed by atoms with Gasteiger partial charge in [0.25, 0.3) is 0 Å². The van der Waals surface area contributed by atoms with Crippen molar-refractivity contribution in [3.05, 3.63) is 23.5 Å². The fourth-order valence-electron chi connectivity index (χ4n) is 2.13. The van der Waals surface area contributed by atoms with E-state index in [1.807, 2.05) is 0 Å². The summed E-state index contributed by atoms with van der Waals surface area (Å²) >= 11 is 0. The Balaban J connectivity index is 2.13. The molecule has 23 heavy (non-hydrogen) atoms. The molecule has 0 atom stereocenters. The summed E-state index contributed by atoms with van der Waals surface area (Å²) in [6, 6.07) is 1.28. The number of Topliss-reactive ketones (excluding diaryl/α,β-unsaturated/α-hetero) is 1. The number of ether oxygens (including phenoxy) is 1. The lowest BCUT2D eigenvalue weighted by Gasteiger charge is -2.16. The molecule has 2 rings (SSSR count). The highest BCUT2D eigenvalue weighted by Gasteiger charge is 2.32. The van der Waals surface area contributed by atoms with E-state index in [1.165, 1.54) is 12.3 Å². The van der Waals surface area contributed by atoms with Gasteiger partial charge in [-0.15, -0.1) is 0 Å². The fraction of sp³-hybridized carbons (Fsp3) is 0.625. The summed E-state index contributed by atoms with van der Waals surface area (Å²) in [6.45, 7) is 1.78. The third kappa shape index (κ3) is 5.82. The zero-order valence-corrected chi connectivity index (χ0v) is 13.1. The molecule has 0 radical (unpaired) electrons. The number of rotatable bonds is 7. The van der Waals surface area contributed by atoms with Crippen molar-refractivity contribution in [3.63, 3.8) is 0 Å². The summed E-state index contributed by atoms with van der Waals surface area (Å²) in [6.07, 6.45) is -0.920. The van der Waals surface area contributed by atoms with Crippen LogP contribution < -0.4 is 4.74 Å². The normalized spacial score (nSPS) is 15.6. The van der Waals surface area contributed by atoms with Gasteiger partial charge in [-0.05, 0) is 39.0 Å². The van der Waals surface area contributed by atoms with Crippen molar-refractivity contribution in [2.45, 2.75) is 57.2 Å². The molecular weight excluding hydrogens is 311 g/mol. The Hall–Kier alpha value is -1.63. The lowest BCUT2D eigenvalue weighted by Crippen LogP contribution is -2.21. The minimum Gasteiger partial charge on any atom is -0.484 e. The van der Waals surface area contributed by atoms with E-state index in [0.29, 0.717) is 5.56 Å². The molecule has 1 aromatic heterocycles. The number of aromatic nitrogens is 1. The number of hydrogen-bond acceptors (Lipinski definition) is 4. The van der Waals surface area contributed by atoms with Crippen LogP contribution in [0.25, 0.3) is 0 Å². The van der Waals surface area contributed by atoms with Crippen LogP contribution in [0.15, 0.2) is 12.3 Å². The van der Waals surface area contributed by atoms with E-state index in [1.54, 1.807) is 13.8 Å². The van der Waals surface area contributed by atoms with Crippen molar-refractivity contribution >= 4 is 5.78 Å². The van der Waals surface area contributed by atoms with Crippen LogP contribution in [0, 0.1) is 0 Å². The number of hydrogen-bond donors (Lipinski definition) is 1. The van der Waals surface area contributed by atoms with Gasteiger partial charge in [-0.25, -0.2) is 0 Å². The average Bonchev–Trinajstić information content (AvgIpc) is 3.25. The second-order valence-corrected chi connectivity index (χ2v) is 6.52. The SMILES string of the molecule is CC(C)(O)CCC(=O)c1cc(OCC(F)(F)F)c(C2CC2)cn1. The molecule has 0 bridgehead atoms. The molecule has 1 heterocycles. The Labute approximate surface area is 132 Å². The molecule has 0 spiro atoms. The summed E-state index contributed by atoms with van der Waals surface area (Å²) in [4.78, 5) is 16.1. The van der Waals surface area contributed by atoms with E-state index >= 15 is 0 Å². The zero-order chi connectivity index (χ0) is 17.3. The molecule has 1 fully saturated rings. The third-order valence-electron chi connectivity index (χ3n) is 3.55. The monoisotopic (exact) mass is 331 g/mol. The molecule has 7 heteroatoms. The van der Waals surface area contributed by atoms with Gasteiger partial charge in [-0.3, -0.25) is 9.78 Å². The van der Waals surface area contributed by atoms with Crippen LogP contribution in [0.4, 0.5) is 13.2 Å². The lowest BCUT2D eigenvalue weighted by atomic mass is 9.99. The molecular formula is C16H20F3NO3. The molecule has 0 aromatic carbocycles. The van der Waals surface area contributed by atoms with Crippen molar-refractivity contribution < 1.29 is 27.8 Å². The molecule has 0 amide bonds. The standard InChI is InChI=1S/C16H20F3NO3/c1-15(2,22)6-5-13(21)12-7-14(23-9-16(17,18)19)11(8-20-12)10-3-4-10/h7-8,10,22H,3-6,9H2,1-2H3. The molecule has 0 unspecified atom stereocenters. The molecule has 4 nitrogen and oxygen atoms in total. The summed E-state index contributed by atoms with van der Waals surface area (Å²) in [5, 5.41) is 9.64. The van der Waals surface area contributed by atoms with E-state index in [9.17, 15) is 23.1 Å². The van der Waals surface area contributed by atoms with Gasteiger partial charge in [0, 0.05) is 24.2 Å². The van der Waals surface area contributed by atoms with Crippen molar-refractivity contribution in [1.82, 2.24) is 4.98 Å². The lowest BCUT2D eigenvalue weighted by molar-refractivity contribution is -0.153. The van der Waals surface area contributed by atoms with Crippen LogP contribution in [0.1, 0.15) is 61.5 Å². The minimum absolute atomic E-state index is 0.0656. The molecule has 128 valence electrons. The van der Waals surface area contributed by atoms with Crippen LogP contribution >= 0.6 is 0 Å². The van der Waals surface area contributed by atoms with Gasteiger partial charge in [0.05, 0.1) is 5.60 Å². The Kier molecular flexibility index (Phi) is 4.98. The van der Waals surface area contributed by atoms with Crippen molar-refractivity contribution in [1.29, 1.82) is 0 Å². The molecule has 1 saturated carbocycles. The summed E-state index contributed by atoms with van der Waals surface area (Å²) in [7, 11) is 0. The molecule has 0 saturated heterocycles. The molecule has 1 aromatic rings. The van der Waals surface area contributed by atoms with Gasteiger partial charge < -0.3 is 9.84 Å². The molecule has 1 N–H and O–H groups in total. The Morgan fingerprint density at radius 3 is 2.57 bits per heavy atom. The van der Waals surface area contributed by atoms with Crippen molar-refractivity contribution in [2.24, 2.45) is 0 Å². The number of aliphatic hydroxyl groups is 1. The maximum absolute atomic E-state index is 12.4. The highest BCUT2D eigenvalue weighted by Crippen LogP contribution is 2.44. The average molecular weight is 331 g/mol. The first-order chi connectivity index (χ1) is 10.6. The van der Waals surface area contributed by atoms with Gasteiger partial charge in [-0.1, -0.05) is 0 Å². The van der Waals surface area contributed by atoms with Gasteiger partial charge in [0.1, 0.15) is 11.4 Å². The topological polar surface area (TPSA) is 59.4 Å². The third-order valence-corrected chi connectivity index (χ3v) is 3.55. The number of halogens is 3. The minimum atomic E-state index is -4.44. The van der Waals surface area contributed by atoms with Gasteiger partial charge >= 0.3 is 6.18 Å². The fourth-order valence-corrected chi connectivity index (χ4v) is 2.13. The second kappa shape index (κ2) is 6.47. The number of ketones is 1. The smallest absolute Gasteiger partial charge is 0.422 e. The highest BCUT2D eigenvalue weighted by molar-refractivity contribution is 5.94. The highest BCUT2D eigenvalue weighted by atomic mass is 19.4. The van der Waals surface area contributed by atoms with Crippen LogP contribution in [0.3, 0.4) is 0 Å². The number of nitrogens with zero attached hydrogens (tertiary/aromatic N) is 1. The van der Waals surface area contributed by atoms with Gasteiger partial charge in [0.2, 0.25) is 0 Å². The second-order valence-electron chi connectivity index (χ2n) is 6.52. The first-order valence-electron chi connectivity index (χ1n) is 7.50.